The number of hydrogen-bond donors (Lipinski definition) is 0. The number of nitro groups is 1. The van der Waals surface area contributed by atoms with Gasteiger partial charge in [0.2, 0.25) is 0 Å². The summed E-state index contributed by atoms with van der Waals surface area (Å²) < 4.78 is 0. The van der Waals surface area contributed by atoms with Crippen LogP contribution in [0.3, 0.4) is 0 Å². The van der Waals surface area contributed by atoms with Gasteiger partial charge < -0.3 is 0 Å². The predicted molar refractivity (Wildman–Crippen MR) is 67.4 cm³/mol. The molecule has 0 spiro atoms. The Morgan fingerprint density at radius 2 is 2.06 bits per heavy atom. The van der Waals surface area contributed by atoms with Crippen molar-refractivity contribution in [2.24, 2.45) is 0 Å². The smallest absolute Gasteiger partial charge is 0.258 e. The summed E-state index contributed by atoms with van der Waals surface area (Å²) in [5, 5.41) is 13.6. The van der Waals surface area contributed by atoms with Crippen LogP contribution >= 0.6 is 11.3 Å². The lowest BCUT2D eigenvalue weighted by atomic mass is 10.1. The van der Waals surface area contributed by atoms with Crippen LogP contribution in [0.25, 0.3) is 0 Å². The summed E-state index contributed by atoms with van der Waals surface area (Å²) in [6.45, 7) is 2.07. The first-order valence-corrected chi connectivity index (χ1v) is 6.23. The van der Waals surface area contributed by atoms with Crippen molar-refractivity contribution in [3.05, 3.63) is 56.0 Å². The quantitative estimate of drug-likeness (QED) is 0.616. The number of non-ortho nitro benzene ring substituents is 1. The van der Waals surface area contributed by atoms with Crippen molar-refractivity contribution in [1.29, 1.82) is 0 Å². The molecule has 88 valence electrons. The van der Waals surface area contributed by atoms with Gasteiger partial charge >= 0.3 is 0 Å². The fourth-order valence-corrected chi connectivity index (χ4v) is 2.41. The maximum atomic E-state index is 10.5. The second kappa shape index (κ2) is 5.05. The molecule has 0 aliphatic heterocycles. The number of nitrogens with zero attached hydrogens (tertiary/aromatic N) is 2. The highest BCUT2D eigenvalue weighted by molar-refractivity contribution is 7.09. The van der Waals surface area contributed by atoms with Gasteiger partial charge in [0.25, 0.3) is 5.69 Å². The van der Waals surface area contributed by atoms with E-state index in [4.69, 9.17) is 0 Å². The molecule has 5 heteroatoms. The highest BCUT2D eigenvalue weighted by Gasteiger charge is 2.06. The van der Waals surface area contributed by atoms with E-state index in [1.807, 2.05) is 0 Å². The molecule has 1 aromatic carbocycles. The lowest BCUT2D eigenvalue weighted by molar-refractivity contribution is -0.384. The maximum absolute atomic E-state index is 10.5. The van der Waals surface area contributed by atoms with Gasteiger partial charge in [-0.15, -0.1) is 11.3 Å². The number of rotatable bonds is 4. The van der Waals surface area contributed by atoms with E-state index in [1.165, 1.54) is 12.1 Å². The molecule has 1 aromatic heterocycles. The third-order valence-corrected chi connectivity index (χ3v) is 3.36. The van der Waals surface area contributed by atoms with Crippen LogP contribution in [0.4, 0.5) is 5.69 Å². The Labute approximate surface area is 103 Å². The van der Waals surface area contributed by atoms with Gasteiger partial charge in [0.05, 0.1) is 15.6 Å². The minimum Gasteiger partial charge on any atom is -0.258 e. The standard InChI is InChI=1S/C12H12N2O2S/c1-2-10-8-17-12(13-10)7-9-3-5-11(6-4-9)14(15)16/h3-6,8H,2,7H2,1H3. The molecule has 1 heterocycles. The number of aromatic nitrogens is 1. The molecule has 0 N–H and O–H groups in total. The van der Waals surface area contributed by atoms with Crippen LogP contribution in [0.1, 0.15) is 23.2 Å². The maximum Gasteiger partial charge on any atom is 0.269 e. The zero-order valence-corrected chi connectivity index (χ0v) is 10.2. The molecule has 0 atom stereocenters. The Balaban J connectivity index is 2.10. The van der Waals surface area contributed by atoms with Gasteiger partial charge in [-0.25, -0.2) is 4.98 Å². The number of aryl methyl sites for hydroxylation is 1. The van der Waals surface area contributed by atoms with Crippen molar-refractivity contribution in [3.63, 3.8) is 0 Å². The third kappa shape index (κ3) is 2.88. The van der Waals surface area contributed by atoms with E-state index >= 15 is 0 Å². The summed E-state index contributed by atoms with van der Waals surface area (Å²) in [6, 6.07) is 6.63. The summed E-state index contributed by atoms with van der Waals surface area (Å²) in [5.41, 5.74) is 2.28. The van der Waals surface area contributed by atoms with Crippen molar-refractivity contribution in [2.75, 3.05) is 0 Å². The SMILES string of the molecule is CCc1csc(Cc2ccc([N+](=O)[O-])cc2)n1. The van der Waals surface area contributed by atoms with Gasteiger partial charge in [0.1, 0.15) is 0 Å². The van der Waals surface area contributed by atoms with Crippen molar-refractivity contribution in [1.82, 2.24) is 4.98 Å². The molecule has 4 nitrogen and oxygen atoms in total. The Kier molecular flexibility index (Phi) is 3.49. The summed E-state index contributed by atoms with van der Waals surface area (Å²) in [6.07, 6.45) is 1.68. The largest absolute Gasteiger partial charge is 0.269 e. The van der Waals surface area contributed by atoms with E-state index in [2.05, 4.69) is 17.3 Å². The van der Waals surface area contributed by atoms with E-state index in [0.717, 1.165) is 29.1 Å². The Morgan fingerprint density at radius 1 is 1.35 bits per heavy atom. The molecule has 0 bridgehead atoms. The van der Waals surface area contributed by atoms with Gasteiger partial charge in [-0.05, 0) is 12.0 Å². The van der Waals surface area contributed by atoms with E-state index in [1.54, 1.807) is 23.5 Å². The minimum atomic E-state index is -0.387. The molecule has 0 amide bonds. The molecule has 2 rings (SSSR count). The first-order chi connectivity index (χ1) is 8.19. The summed E-state index contributed by atoms with van der Waals surface area (Å²) in [4.78, 5) is 14.6. The summed E-state index contributed by atoms with van der Waals surface area (Å²) in [7, 11) is 0. The molecular formula is C12H12N2O2S. The lowest BCUT2D eigenvalue weighted by Gasteiger charge is -1.97. The van der Waals surface area contributed by atoms with Gasteiger partial charge in [-0.3, -0.25) is 10.1 Å². The van der Waals surface area contributed by atoms with Gasteiger partial charge in [-0.1, -0.05) is 19.1 Å². The third-order valence-electron chi connectivity index (χ3n) is 2.46. The van der Waals surface area contributed by atoms with Crippen LogP contribution in [0, 0.1) is 10.1 Å². The van der Waals surface area contributed by atoms with Gasteiger partial charge in [-0.2, -0.15) is 0 Å². The van der Waals surface area contributed by atoms with E-state index in [9.17, 15) is 10.1 Å². The Morgan fingerprint density at radius 3 is 2.59 bits per heavy atom. The molecule has 0 unspecified atom stereocenters. The van der Waals surface area contributed by atoms with E-state index in [-0.39, 0.29) is 10.6 Å². The van der Waals surface area contributed by atoms with Gasteiger partial charge in [0.15, 0.2) is 0 Å². The Bertz CT molecular complexity index is 520. The van der Waals surface area contributed by atoms with Crippen molar-refractivity contribution in [2.45, 2.75) is 19.8 Å². The number of benzene rings is 1. The molecule has 0 fully saturated rings. The minimum absolute atomic E-state index is 0.127. The zero-order chi connectivity index (χ0) is 12.3. The van der Waals surface area contributed by atoms with Crippen LogP contribution < -0.4 is 0 Å². The topological polar surface area (TPSA) is 56.0 Å². The van der Waals surface area contributed by atoms with E-state index in [0.29, 0.717) is 0 Å². The molecule has 0 radical (unpaired) electrons. The average molecular weight is 248 g/mol. The van der Waals surface area contributed by atoms with Crippen LogP contribution in [0.5, 0.6) is 0 Å². The monoisotopic (exact) mass is 248 g/mol. The molecule has 0 saturated heterocycles. The van der Waals surface area contributed by atoms with E-state index < -0.39 is 0 Å². The summed E-state index contributed by atoms with van der Waals surface area (Å²) in [5.74, 6) is 0. The highest BCUT2D eigenvalue weighted by Crippen LogP contribution is 2.17. The second-order valence-corrected chi connectivity index (χ2v) is 4.63. The number of thiazole rings is 1. The predicted octanol–water partition coefficient (Wildman–Crippen LogP) is 3.20. The number of nitro benzene ring substituents is 1. The van der Waals surface area contributed by atoms with Crippen molar-refractivity contribution < 1.29 is 4.92 Å². The first-order valence-electron chi connectivity index (χ1n) is 5.35. The van der Waals surface area contributed by atoms with Crippen LogP contribution in [0.15, 0.2) is 29.6 Å². The van der Waals surface area contributed by atoms with Crippen molar-refractivity contribution >= 4 is 17.0 Å². The van der Waals surface area contributed by atoms with Crippen LogP contribution in [-0.4, -0.2) is 9.91 Å². The molecule has 0 aliphatic rings. The zero-order valence-electron chi connectivity index (χ0n) is 9.42. The first kappa shape index (κ1) is 11.7. The second-order valence-electron chi connectivity index (χ2n) is 3.69. The van der Waals surface area contributed by atoms with Gasteiger partial charge in [0, 0.05) is 23.9 Å². The van der Waals surface area contributed by atoms with Crippen molar-refractivity contribution in [3.8, 4) is 0 Å². The lowest BCUT2D eigenvalue weighted by Crippen LogP contribution is -1.91. The fraction of sp³-hybridized carbons (Fsp3) is 0.250. The van der Waals surface area contributed by atoms with Crippen LogP contribution in [0.2, 0.25) is 0 Å². The fourth-order valence-electron chi connectivity index (χ4n) is 1.50. The molecule has 0 aliphatic carbocycles. The summed E-state index contributed by atoms with van der Waals surface area (Å²) >= 11 is 1.63. The normalized spacial score (nSPS) is 10.4. The molecule has 17 heavy (non-hydrogen) atoms. The molecular weight excluding hydrogens is 236 g/mol. The van der Waals surface area contributed by atoms with Crippen LogP contribution in [-0.2, 0) is 12.8 Å². The molecule has 0 saturated carbocycles. The average Bonchev–Trinajstić information content (AvgIpc) is 2.77. The Hall–Kier alpha value is -1.75. The highest BCUT2D eigenvalue weighted by atomic mass is 32.1. The molecule has 2 aromatic rings. The number of hydrogen-bond acceptors (Lipinski definition) is 4.